The average Bonchev–Trinajstić information content (AvgIpc) is 2.29. The van der Waals surface area contributed by atoms with Gasteiger partial charge in [0, 0.05) is 37.9 Å². The van der Waals surface area contributed by atoms with Crippen LogP contribution in [0.4, 0.5) is 5.69 Å². The summed E-state index contributed by atoms with van der Waals surface area (Å²) < 4.78 is 0. The predicted octanol–water partition coefficient (Wildman–Crippen LogP) is 1.07. The molecule has 88 valence electrons. The lowest BCUT2D eigenvalue weighted by Gasteiger charge is -2.40. The molecule has 1 atom stereocenters. The average molecular weight is 219 g/mol. The molecule has 1 unspecified atom stereocenters. The fourth-order valence-electron chi connectivity index (χ4n) is 2.26. The fourth-order valence-corrected chi connectivity index (χ4v) is 2.26. The normalized spacial score (nSPS) is 22.4. The van der Waals surface area contributed by atoms with Crippen LogP contribution in [0.25, 0.3) is 0 Å². The molecule has 0 aliphatic carbocycles. The fraction of sp³-hybridized carbons (Fsp3) is 0.538. The van der Waals surface area contributed by atoms with Crippen LogP contribution in [0.15, 0.2) is 24.3 Å². The van der Waals surface area contributed by atoms with E-state index in [1.165, 1.54) is 11.3 Å². The Bertz CT molecular complexity index is 351. The number of nitrogens with two attached hydrogens (primary N) is 1. The zero-order valence-electron chi connectivity index (χ0n) is 10.2. The van der Waals surface area contributed by atoms with Crippen molar-refractivity contribution >= 4 is 5.69 Å². The Kier molecular flexibility index (Phi) is 3.46. The third-order valence-electron chi connectivity index (χ3n) is 3.42. The van der Waals surface area contributed by atoms with Gasteiger partial charge in [-0.3, -0.25) is 4.90 Å². The third kappa shape index (κ3) is 2.36. The standard InChI is InChI=1S/C13H21N3/c1-11-4-3-5-12(8-11)16-7-6-15(2)13(9-14)10-16/h3-5,8,13H,6-7,9-10,14H2,1-2H3. The van der Waals surface area contributed by atoms with Crippen LogP contribution >= 0.6 is 0 Å². The van der Waals surface area contributed by atoms with Gasteiger partial charge < -0.3 is 10.6 Å². The molecular weight excluding hydrogens is 198 g/mol. The molecule has 1 aromatic carbocycles. The van der Waals surface area contributed by atoms with Crippen LogP contribution in [0, 0.1) is 6.92 Å². The van der Waals surface area contributed by atoms with Gasteiger partial charge in [0.1, 0.15) is 0 Å². The number of nitrogens with zero attached hydrogens (tertiary/aromatic N) is 2. The van der Waals surface area contributed by atoms with Gasteiger partial charge in [-0.05, 0) is 31.7 Å². The highest BCUT2D eigenvalue weighted by Gasteiger charge is 2.22. The molecule has 0 aromatic heterocycles. The molecule has 1 aliphatic rings. The molecule has 0 radical (unpaired) electrons. The van der Waals surface area contributed by atoms with E-state index in [0.717, 1.165) is 26.2 Å². The Morgan fingerprint density at radius 3 is 2.88 bits per heavy atom. The summed E-state index contributed by atoms with van der Waals surface area (Å²) in [7, 11) is 2.16. The predicted molar refractivity (Wildman–Crippen MR) is 68.9 cm³/mol. The van der Waals surface area contributed by atoms with Crippen molar-refractivity contribution in [1.82, 2.24) is 4.90 Å². The number of benzene rings is 1. The lowest BCUT2D eigenvalue weighted by molar-refractivity contribution is 0.224. The number of aryl methyl sites for hydroxylation is 1. The molecule has 0 amide bonds. The Balaban J connectivity index is 2.11. The van der Waals surface area contributed by atoms with Gasteiger partial charge in [0.2, 0.25) is 0 Å². The van der Waals surface area contributed by atoms with Crippen molar-refractivity contribution in [3.05, 3.63) is 29.8 Å². The van der Waals surface area contributed by atoms with Crippen LogP contribution < -0.4 is 10.6 Å². The highest BCUT2D eigenvalue weighted by atomic mass is 15.3. The smallest absolute Gasteiger partial charge is 0.0391 e. The Morgan fingerprint density at radius 1 is 1.38 bits per heavy atom. The lowest BCUT2D eigenvalue weighted by atomic mass is 10.1. The molecule has 2 N–H and O–H groups in total. The molecule has 1 fully saturated rings. The first-order chi connectivity index (χ1) is 7.70. The first-order valence-corrected chi connectivity index (χ1v) is 5.92. The van der Waals surface area contributed by atoms with Gasteiger partial charge in [0.15, 0.2) is 0 Å². The van der Waals surface area contributed by atoms with E-state index in [1.807, 2.05) is 0 Å². The first kappa shape index (κ1) is 11.4. The summed E-state index contributed by atoms with van der Waals surface area (Å²) in [5.74, 6) is 0. The largest absolute Gasteiger partial charge is 0.369 e. The molecule has 1 saturated heterocycles. The molecule has 1 heterocycles. The first-order valence-electron chi connectivity index (χ1n) is 5.92. The van der Waals surface area contributed by atoms with Gasteiger partial charge in [-0.25, -0.2) is 0 Å². The second kappa shape index (κ2) is 4.85. The van der Waals surface area contributed by atoms with E-state index in [2.05, 4.69) is 48.0 Å². The van der Waals surface area contributed by atoms with E-state index >= 15 is 0 Å². The zero-order valence-corrected chi connectivity index (χ0v) is 10.2. The maximum Gasteiger partial charge on any atom is 0.0391 e. The van der Waals surface area contributed by atoms with Crippen LogP contribution in [0.2, 0.25) is 0 Å². The molecular formula is C13H21N3. The summed E-state index contributed by atoms with van der Waals surface area (Å²) in [6, 6.07) is 9.18. The SMILES string of the molecule is Cc1cccc(N2CCN(C)C(CN)C2)c1. The van der Waals surface area contributed by atoms with E-state index in [4.69, 9.17) is 5.73 Å². The van der Waals surface area contributed by atoms with Crippen LogP contribution in [0.5, 0.6) is 0 Å². The monoisotopic (exact) mass is 219 g/mol. The summed E-state index contributed by atoms with van der Waals surface area (Å²) in [5.41, 5.74) is 8.44. The third-order valence-corrected chi connectivity index (χ3v) is 3.42. The van der Waals surface area contributed by atoms with Crippen LogP contribution in [-0.2, 0) is 0 Å². The van der Waals surface area contributed by atoms with Crippen molar-refractivity contribution in [3.8, 4) is 0 Å². The molecule has 1 aliphatic heterocycles. The number of rotatable bonds is 2. The van der Waals surface area contributed by atoms with E-state index in [1.54, 1.807) is 0 Å². The van der Waals surface area contributed by atoms with Gasteiger partial charge in [-0.15, -0.1) is 0 Å². The highest BCUT2D eigenvalue weighted by Crippen LogP contribution is 2.19. The number of hydrogen-bond acceptors (Lipinski definition) is 3. The van der Waals surface area contributed by atoms with Crippen LogP contribution in [-0.4, -0.2) is 44.2 Å². The van der Waals surface area contributed by atoms with E-state index in [9.17, 15) is 0 Å². The molecule has 1 aromatic rings. The van der Waals surface area contributed by atoms with Crippen molar-refractivity contribution in [3.63, 3.8) is 0 Å². The Morgan fingerprint density at radius 2 is 2.19 bits per heavy atom. The van der Waals surface area contributed by atoms with Crippen molar-refractivity contribution in [2.75, 3.05) is 38.1 Å². The summed E-state index contributed by atoms with van der Waals surface area (Å²) in [5, 5.41) is 0. The minimum Gasteiger partial charge on any atom is -0.369 e. The summed E-state index contributed by atoms with van der Waals surface area (Å²) in [4.78, 5) is 4.79. The molecule has 0 spiro atoms. The zero-order chi connectivity index (χ0) is 11.5. The molecule has 16 heavy (non-hydrogen) atoms. The second-order valence-electron chi connectivity index (χ2n) is 4.66. The van der Waals surface area contributed by atoms with Crippen LogP contribution in [0.3, 0.4) is 0 Å². The van der Waals surface area contributed by atoms with Gasteiger partial charge >= 0.3 is 0 Å². The van der Waals surface area contributed by atoms with Crippen molar-refractivity contribution in [1.29, 1.82) is 0 Å². The Labute approximate surface area is 97.8 Å². The molecule has 3 heteroatoms. The number of piperazine rings is 1. The maximum absolute atomic E-state index is 5.80. The van der Waals surface area contributed by atoms with Crippen LogP contribution in [0.1, 0.15) is 5.56 Å². The number of anilines is 1. The van der Waals surface area contributed by atoms with Gasteiger partial charge in [-0.1, -0.05) is 12.1 Å². The number of likely N-dealkylation sites (N-methyl/N-ethyl adjacent to an activating group) is 1. The second-order valence-corrected chi connectivity index (χ2v) is 4.66. The Hall–Kier alpha value is -1.06. The van der Waals surface area contributed by atoms with E-state index in [0.29, 0.717) is 6.04 Å². The molecule has 0 saturated carbocycles. The topological polar surface area (TPSA) is 32.5 Å². The molecule has 0 bridgehead atoms. The minimum absolute atomic E-state index is 0.481. The van der Waals surface area contributed by atoms with E-state index < -0.39 is 0 Å². The van der Waals surface area contributed by atoms with Crippen molar-refractivity contribution in [2.24, 2.45) is 5.73 Å². The van der Waals surface area contributed by atoms with E-state index in [-0.39, 0.29) is 0 Å². The summed E-state index contributed by atoms with van der Waals surface area (Å²) in [6.07, 6.45) is 0. The molecule has 3 nitrogen and oxygen atoms in total. The van der Waals surface area contributed by atoms with Crippen molar-refractivity contribution < 1.29 is 0 Å². The van der Waals surface area contributed by atoms with Crippen molar-refractivity contribution in [2.45, 2.75) is 13.0 Å². The van der Waals surface area contributed by atoms with Gasteiger partial charge in [0.05, 0.1) is 0 Å². The van der Waals surface area contributed by atoms with Gasteiger partial charge in [0.25, 0.3) is 0 Å². The van der Waals surface area contributed by atoms with Gasteiger partial charge in [-0.2, -0.15) is 0 Å². The maximum atomic E-state index is 5.80. The minimum atomic E-state index is 0.481. The highest BCUT2D eigenvalue weighted by molar-refractivity contribution is 5.49. The quantitative estimate of drug-likeness (QED) is 0.807. The summed E-state index contributed by atoms with van der Waals surface area (Å²) in [6.45, 7) is 6.10. The summed E-state index contributed by atoms with van der Waals surface area (Å²) >= 11 is 0. The molecule has 2 rings (SSSR count). The number of hydrogen-bond donors (Lipinski definition) is 1. The lowest BCUT2D eigenvalue weighted by Crippen LogP contribution is -2.54.